The Morgan fingerprint density at radius 1 is 1.50 bits per heavy atom. The summed E-state index contributed by atoms with van der Waals surface area (Å²) in [6, 6.07) is 4.45. The number of aromatic amines is 1. The monoisotopic (exact) mass is 267 g/mol. The van der Waals surface area contributed by atoms with Gasteiger partial charge in [0.2, 0.25) is 0 Å². The Morgan fingerprint density at radius 3 is 3.00 bits per heavy atom. The summed E-state index contributed by atoms with van der Waals surface area (Å²) in [6.45, 7) is 1.92. The Hall–Kier alpha value is -2.08. The summed E-state index contributed by atoms with van der Waals surface area (Å²) >= 11 is 5.84. The number of H-pyrrole nitrogens is 1. The summed E-state index contributed by atoms with van der Waals surface area (Å²) in [5.41, 5.74) is 0.530. The Kier molecular flexibility index (Phi) is 3.47. The molecular formula is C11H10ClN3O3. The quantitative estimate of drug-likeness (QED) is 0.831. The molecule has 2 N–H and O–H groups in total. The summed E-state index contributed by atoms with van der Waals surface area (Å²) < 4.78 is 4.84. The number of aromatic nitrogens is 3. The number of hydrogen-bond acceptors (Lipinski definition) is 5. The Balaban J connectivity index is 2.48. The second-order valence-corrected chi connectivity index (χ2v) is 3.84. The van der Waals surface area contributed by atoms with E-state index in [2.05, 4.69) is 15.4 Å². The number of phenols is 1. The molecule has 94 valence electrons. The number of rotatable bonds is 3. The minimum absolute atomic E-state index is 0.00872. The van der Waals surface area contributed by atoms with Crippen molar-refractivity contribution in [2.24, 2.45) is 0 Å². The molecule has 0 aliphatic rings. The van der Waals surface area contributed by atoms with Gasteiger partial charge in [0.15, 0.2) is 5.69 Å². The summed E-state index contributed by atoms with van der Waals surface area (Å²) in [4.78, 5) is 11.6. The van der Waals surface area contributed by atoms with Gasteiger partial charge in [-0.3, -0.25) is 0 Å². The molecule has 0 bridgehead atoms. The zero-order valence-electron chi connectivity index (χ0n) is 9.48. The molecule has 0 aliphatic carbocycles. The number of aromatic hydroxyl groups is 1. The Bertz CT molecular complexity index is 583. The third-order valence-corrected chi connectivity index (χ3v) is 2.47. The van der Waals surface area contributed by atoms with E-state index in [1.165, 1.54) is 18.2 Å². The van der Waals surface area contributed by atoms with E-state index >= 15 is 0 Å². The van der Waals surface area contributed by atoms with Crippen molar-refractivity contribution >= 4 is 17.6 Å². The highest BCUT2D eigenvalue weighted by Gasteiger charge is 2.21. The first-order chi connectivity index (χ1) is 8.63. The van der Waals surface area contributed by atoms with E-state index in [1.807, 2.05) is 0 Å². The van der Waals surface area contributed by atoms with Crippen LogP contribution in [-0.2, 0) is 4.74 Å². The maximum absolute atomic E-state index is 11.6. The summed E-state index contributed by atoms with van der Waals surface area (Å²) in [7, 11) is 0. The molecule has 0 atom stereocenters. The number of ether oxygens (including phenoxy) is 1. The van der Waals surface area contributed by atoms with Gasteiger partial charge in [-0.05, 0) is 25.1 Å². The molecule has 0 unspecified atom stereocenters. The second kappa shape index (κ2) is 5.05. The number of phenolic OH excluding ortho intramolecular Hbond substituents is 1. The molecule has 18 heavy (non-hydrogen) atoms. The maximum atomic E-state index is 11.6. The van der Waals surface area contributed by atoms with Crippen LogP contribution in [0.2, 0.25) is 5.02 Å². The average molecular weight is 268 g/mol. The van der Waals surface area contributed by atoms with E-state index in [4.69, 9.17) is 16.3 Å². The van der Waals surface area contributed by atoms with Crippen molar-refractivity contribution in [2.75, 3.05) is 6.61 Å². The van der Waals surface area contributed by atoms with Crippen LogP contribution in [-0.4, -0.2) is 33.1 Å². The van der Waals surface area contributed by atoms with Gasteiger partial charge in [-0.15, -0.1) is 5.10 Å². The zero-order chi connectivity index (χ0) is 13.1. The third-order valence-electron chi connectivity index (χ3n) is 2.23. The fraction of sp³-hybridized carbons (Fsp3) is 0.182. The number of carbonyl (C=O) groups is 1. The minimum Gasteiger partial charge on any atom is -0.507 e. The predicted molar refractivity (Wildman–Crippen MR) is 64.5 cm³/mol. The van der Waals surface area contributed by atoms with Crippen LogP contribution < -0.4 is 0 Å². The molecule has 0 saturated carbocycles. The largest absolute Gasteiger partial charge is 0.507 e. The van der Waals surface area contributed by atoms with Crippen molar-refractivity contribution < 1.29 is 14.6 Å². The highest BCUT2D eigenvalue weighted by molar-refractivity contribution is 6.31. The van der Waals surface area contributed by atoms with Crippen molar-refractivity contribution in [1.29, 1.82) is 0 Å². The van der Waals surface area contributed by atoms with Gasteiger partial charge >= 0.3 is 5.97 Å². The molecule has 1 heterocycles. The van der Waals surface area contributed by atoms with Crippen molar-refractivity contribution in [2.45, 2.75) is 6.92 Å². The van der Waals surface area contributed by atoms with Crippen molar-refractivity contribution in [3.05, 3.63) is 28.9 Å². The summed E-state index contributed by atoms with van der Waals surface area (Å²) in [6.07, 6.45) is 0. The SMILES string of the molecule is CCOC(=O)c1n[nH]nc1-c1cc(Cl)ccc1O. The number of nitrogens with zero attached hydrogens (tertiary/aromatic N) is 2. The van der Waals surface area contributed by atoms with E-state index in [-0.39, 0.29) is 23.7 Å². The van der Waals surface area contributed by atoms with Crippen LogP contribution in [0.15, 0.2) is 18.2 Å². The first-order valence-corrected chi connectivity index (χ1v) is 5.58. The van der Waals surface area contributed by atoms with Gasteiger partial charge in [0.1, 0.15) is 11.4 Å². The Labute approximate surface area is 108 Å². The topological polar surface area (TPSA) is 88.1 Å². The molecule has 2 rings (SSSR count). The van der Waals surface area contributed by atoms with Crippen LogP contribution in [0.5, 0.6) is 5.75 Å². The van der Waals surface area contributed by atoms with Gasteiger partial charge in [0.25, 0.3) is 0 Å². The molecule has 1 aromatic carbocycles. The van der Waals surface area contributed by atoms with E-state index in [1.54, 1.807) is 6.92 Å². The fourth-order valence-corrected chi connectivity index (χ4v) is 1.63. The predicted octanol–water partition coefficient (Wildman–Crippen LogP) is 2.01. The first-order valence-electron chi connectivity index (χ1n) is 5.20. The van der Waals surface area contributed by atoms with Crippen LogP contribution >= 0.6 is 11.6 Å². The fourth-order valence-electron chi connectivity index (χ4n) is 1.46. The van der Waals surface area contributed by atoms with Gasteiger partial charge in [0.05, 0.1) is 6.61 Å². The summed E-state index contributed by atoms with van der Waals surface area (Å²) in [5, 5.41) is 20.0. The van der Waals surface area contributed by atoms with Crippen molar-refractivity contribution in [1.82, 2.24) is 15.4 Å². The van der Waals surface area contributed by atoms with Crippen molar-refractivity contribution in [3.63, 3.8) is 0 Å². The molecule has 7 heteroatoms. The normalized spacial score (nSPS) is 10.3. The van der Waals surface area contributed by atoms with Crippen LogP contribution in [0.25, 0.3) is 11.3 Å². The lowest BCUT2D eigenvalue weighted by Crippen LogP contribution is -2.06. The van der Waals surface area contributed by atoms with E-state index < -0.39 is 5.97 Å². The smallest absolute Gasteiger partial charge is 0.361 e. The molecule has 2 aromatic rings. The lowest BCUT2D eigenvalue weighted by atomic mass is 10.1. The van der Waals surface area contributed by atoms with Gasteiger partial charge < -0.3 is 9.84 Å². The molecule has 6 nitrogen and oxygen atoms in total. The van der Waals surface area contributed by atoms with Gasteiger partial charge in [0, 0.05) is 10.6 Å². The van der Waals surface area contributed by atoms with Gasteiger partial charge in [-0.25, -0.2) is 4.79 Å². The van der Waals surface area contributed by atoms with E-state index in [0.717, 1.165) is 0 Å². The molecule has 1 aromatic heterocycles. The highest BCUT2D eigenvalue weighted by Crippen LogP contribution is 2.31. The van der Waals surface area contributed by atoms with Crippen LogP contribution in [0.1, 0.15) is 17.4 Å². The lowest BCUT2D eigenvalue weighted by Gasteiger charge is -2.04. The van der Waals surface area contributed by atoms with Gasteiger partial charge in [-0.1, -0.05) is 11.6 Å². The number of carbonyl (C=O) groups excluding carboxylic acids is 1. The number of benzene rings is 1. The van der Waals surface area contributed by atoms with Crippen LogP contribution in [0, 0.1) is 0 Å². The molecule has 0 spiro atoms. The van der Waals surface area contributed by atoms with Crippen LogP contribution in [0.4, 0.5) is 0 Å². The summed E-state index contributed by atoms with van der Waals surface area (Å²) in [5.74, 6) is -0.653. The van der Waals surface area contributed by atoms with Gasteiger partial charge in [-0.2, -0.15) is 10.3 Å². The number of halogens is 1. The number of esters is 1. The van der Waals surface area contributed by atoms with E-state index in [9.17, 15) is 9.90 Å². The lowest BCUT2D eigenvalue weighted by molar-refractivity contribution is 0.0520. The van der Waals surface area contributed by atoms with Crippen molar-refractivity contribution in [3.8, 4) is 17.0 Å². The minimum atomic E-state index is -0.611. The molecule has 0 saturated heterocycles. The second-order valence-electron chi connectivity index (χ2n) is 3.40. The molecule has 0 fully saturated rings. The molecule has 0 amide bonds. The zero-order valence-corrected chi connectivity index (χ0v) is 10.2. The Morgan fingerprint density at radius 2 is 2.28 bits per heavy atom. The highest BCUT2D eigenvalue weighted by atomic mass is 35.5. The third kappa shape index (κ3) is 2.28. The maximum Gasteiger partial charge on any atom is 0.361 e. The molecule has 0 aliphatic heterocycles. The molecule has 0 radical (unpaired) electrons. The standard InChI is InChI=1S/C11H10ClN3O3/c1-2-18-11(17)10-9(13-15-14-10)7-5-6(12)3-4-8(7)16/h3-5,16H,2H2,1H3,(H,13,14,15). The van der Waals surface area contributed by atoms with E-state index in [0.29, 0.717) is 10.6 Å². The average Bonchev–Trinajstić information content (AvgIpc) is 2.81. The number of nitrogens with one attached hydrogen (secondary N) is 1. The van der Waals surface area contributed by atoms with Crippen LogP contribution in [0.3, 0.4) is 0 Å². The first kappa shape index (κ1) is 12.4. The molecular weight excluding hydrogens is 258 g/mol. The number of hydrogen-bond donors (Lipinski definition) is 2.